The first-order valence-corrected chi connectivity index (χ1v) is 5.68. The average molecular weight is 251 g/mol. The Morgan fingerprint density at radius 1 is 1.56 bits per heavy atom. The van der Waals surface area contributed by atoms with Gasteiger partial charge in [-0.2, -0.15) is 0 Å². The number of ether oxygens (including phenoxy) is 2. The maximum absolute atomic E-state index is 10.8. The highest BCUT2D eigenvalue weighted by Crippen LogP contribution is 2.23. The third-order valence-electron chi connectivity index (χ3n) is 2.78. The molecule has 0 N–H and O–H groups in total. The highest BCUT2D eigenvalue weighted by Gasteiger charge is 2.17. The van der Waals surface area contributed by atoms with E-state index in [0.717, 1.165) is 19.4 Å². The second kappa shape index (κ2) is 5.59. The molecule has 0 amide bonds. The first-order chi connectivity index (χ1) is 8.70. The van der Waals surface area contributed by atoms with Crippen LogP contribution >= 0.6 is 0 Å². The van der Waals surface area contributed by atoms with E-state index < -0.39 is 4.92 Å². The number of aldehydes is 1. The van der Waals surface area contributed by atoms with Gasteiger partial charge in [0.1, 0.15) is 12.4 Å². The van der Waals surface area contributed by atoms with Gasteiger partial charge in [-0.05, 0) is 25.0 Å². The third-order valence-corrected chi connectivity index (χ3v) is 2.78. The van der Waals surface area contributed by atoms with Gasteiger partial charge in [0.25, 0.3) is 5.69 Å². The lowest BCUT2D eigenvalue weighted by Gasteiger charge is -2.11. The number of carbonyl (C=O) groups is 1. The van der Waals surface area contributed by atoms with E-state index in [1.807, 2.05) is 0 Å². The summed E-state index contributed by atoms with van der Waals surface area (Å²) in [5, 5.41) is 10.6. The topological polar surface area (TPSA) is 78.7 Å². The van der Waals surface area contributed by atoms with Crippen molar-refractivity contribution in [1.29, 1.82) is 0 Å². The molecule has 0 aliphatic carbocycles. The van der Waals surface area contributed by atoms with Crippen LogP contribution in [0, 0.1) is 10.1 Å². The molecule has 0 saturated carbocycles. The Bertz CT molecular complexity index is 454. The Hall–Kier alpha value is -1.95. The summed E-state index contributed by atoms with van der Waals surface area (Å²) in [4.78, 5) is 20.8. The molecule has 1 heterocycles. The van der Waals surface area contributed by atoms with E-state index in [0.29, 0.717) is 18.6 Å². The number of hydrogen-bond donors (Lipinski definition) is 0. The zero-order valence-corrected chi connectivity index (χ0v) is 9.70. The second-order valence-corrected chi connectivity index (χ2v) is 4.04. The van der Waals surface area contributed by atoms with Crippen molar-refractivity contribution >= 4 is 12.0 Å². The Kier molecular flexibility index (Phi) is 3.88. The van der Waals surface area contributed by atoms with Gasteiger partial charge in [0.15, 0.2) is 6.29 Å². The van der Waals surface area contributed by atoms with Crippen molar-refractivity contribution in [2.24, 2.45) is 0 Å². The summed E-state index contributed by atoms with van der Waals surface area (Å²) in [5.41, 5.74) is -0.195. The van der Waals surface area contributed by atoms with Crippen molar-refractivity contribution in [2.45, 2.75) is 18.9 Å². The average Bonchev–Trinajstić information content (AvgIpc) is 2.88. The maximum atomic E-state index is 10.8. The van der Waals surface area contributed by atoms with Crippen LogP contribution in [0.2, 0.25) is 0 Å². The lowest BCUT2D eigenvalue weighted by atomic mass is 10.2. The fourth-order valence-electron chi connectivity index (χ4n) is 1.85. The van der Waals surface area contributed by atoms with Crippen molar-refractivity contribution in [2.75, 3.05) is 13.2 Å². The molecule has 18 heavy (non-hydrogen) atoms. The molecule has 0 spiro atoms. The molecule has 6 nitrogen and oxygen atoms in total. The highest BCUT2D eigenvalue weighted by molar-refractivity contribution is 5.82. The SMILES string of the molecule is O=Cc1cc(OCC2CCCO2)ccc1[N+](=O)[O-]. The fourth-order valence-corrected chi connectivity index (χ4v) is 1.85. The monoisotopic (exact) mass is 251 g/mol. The van der Waals surface area contributed by atoms with Crippen molar-refractivity contribution in [3.05, 3.63) is 33.9 Å². The molecule has 1 fully saturated rings. The first-order valence-electron chi connectivity index (χ1n) is 5.68. The highest BCUT2D eigenvalue weighted by atomic mass is 16.6. The first kappa shape index (κ1) is 12.5. The van der Waals surface area contributed by atoms with Crippen LogP contribution in [-0.4, -0.2) is 30.5 Å². The van der Waals surface area contributed by atoms with Crippen LogP contribution in [-0.2, 0) is 4.74 Å². The summed E-state index contributed by atoms with van der Waals surface area (Å²) in [5.74, 6) is 0.443. The number of nitrogens with zero attached hydrogens (tertiary/aromatic N) is 1. The Labute approximate surface area is 104 Å². The van der Waals surface area contributed by atoms with Gasteiger partial charge in [0.05, 0.1) is 16.6 Å². The summed E-state index contributed by atoms with van der Waals surface area (Å²) in [6.45, 7) is 1.14. The summed E-state index contributed by atoms with van der Waals surface area (Å²) < 4.78 is 10.9. The fraction of sp³-hybridized carbons (Fsp3) is 0.417. The van der Waals surface area contributed by atoms with Crippen molar-refractivity contribution < 1.29 is 19.2 Å². The van der Waals surface area contributed by atoms with Crippen LogP contribution in [0.5, 0.6) is 5.75 Å². The predicted molar refractivity (Wildman–Crippen MR) is 63.0 cm³/mol. The second-order valence-electron chi connectivity index (χ2n) is 4.04. The molecule has 1 aromatic rings. The van der Waals surface area contributed by atoms with Gasteiger partial charge in [-0.15, -0.1) is 0 Å². The van der Waals surface area contributed by atoms with E-state index in [2.05, 4.69) is 0 Å². The van der Waals surface area contributed by atoms with Gasteiger partial charge in [-0.25, -0.2) is 0 Å². The van der Waals surface area contributed by atoms with E-state index in [1.54, 1.807) is 0 Å². The standard InChI is InChI=1S/C12H13NO5/c14-7-9-6-10(3-4-12(9)13(15)16)18-8-11-2-1-5-17-11/h3-4,6-7,11H,1-2,5,8H2. The minimum atomic E-state index is -0.590. The molecule has 6 heteroatoms. The molecule has 1 saturated heterocycles. The molecule has 1 aliphatic rings. The van der Waals surface area contributed by atoms with Gasteiger partial charge < -0.3 is 9.47 Å². The zero-order chi connectivity index (χ0) is 13.0. The van der Waals surface area contributed by atoms with E-state index in [-0.39, 0.29) is 17.4 Å². The number of nitro benzene ring substituents is 1. The zero-order valence-electron chi connectivity index (χ0n) is 9.70. The van der Waals surface area contributed by atoms with Crippen LogP contribution in [0.3, 0.4) is 0 Å². The molecule has 1 aromatic carbocycles. The molecule has 2 rings (SSSR count). The largest absolute Gasteiger partial charge is 0.491 e. The predicted octanol–water partition coefficient (Wildman–Crippen LogP) is 1.97. The quantitative estimate of drug-likeness (QED) is 0.454. The van der Waals surface area contributed by atoms with Crippen molar-refractivity contribution in [3.63, 3.8) is 0 Å². The van der Waals surface area contributed by atoms with Crippen LogP contribution in [0.25, 0.3) is 0 Å². The number of hydrogen-bond acceptors (Lipinski definition) is 5. The van der Waals surface area contributed by atoms with Gasteiger partial charge in [-0.1, -0.05) is 0 Å². The molecule has 1 aliphatic heterocycles. The molecule has 96 valence electrons. The normalized spacial score (nSPS) is 18.6. The van der Waals surface area contributed by atoms with Crippen LogP contribution in [0.4, 0.5) is 5.69 Å². The van der Waals surface area contributed by atoms with Crippen LogP contribution in [0.15, 0.2) is 18.2 Å². The molecular formula is C12H13NO5. The van der Waals surface area contributed by atoms with Gasteiger partial charge in [0.2, 0.25) is 0 Å². The lowest BCUT2D eigenvalue weighted by Crippen LogP contribution is -2.16. The Balaban J connectivity index is 2.04. The number of rotatable bonds is 5. The summed E-state index contributed by atoms with van der Waals surface area (Å²) in [6.07, 6.45) is 2.50. The molecule has 0 bridgehead atoms. The number of nitro groups is 1. The summed E-state index contributed by atoms with van der Waals surface area (Å²) >= 11 is 0. The van der Waals surface area contributed by atoms with Crippen molar-refractivity contribution in [1.82, 2.24) is 0 Å². The van der Waals surface area contributed by atoms with E-state index >= 15 is 0 Å². The molecule has 1 atom stereocenters. The molecule has 1 unspecified atom stereocenters. The Morgan fingerprint density at radius 2 is 2.39 bits per heavy atom. The minimum absolute atomic E-state index is 0.0184. The number of benzene rings is 1. The minimum Gasteiger partial charge on any atom is -0.491 e. The van der Waals surface area contributed by atoms with E-state index in [4.69, 9.17) is 9.47 Å². The molecule has 0 aromatic heterocycles. The number of carbonyl (C=O) groups excluding carboxylic acids is 1. The van der Waals surface area contributed by atoms with Gasteiger partial charge in [0, 0.05) is 12.7 Å². The van der Waals surface area contributed by atoms with Crippen LogP contribution in [0.1, 0.15) is 23.2 Å². The smallest absolute Gasteiger partial charge is 0.280 e. The van der Waals surface area contributed by atoms with Gasteiger partial charge in [-0.3, -0.25) is 14.9 Å². The van der Waals surface area contributed by atoms with Gasteiger partial charge >= 0.3 is 0 Å². The maximum Gasteiger partial charge on any atom is 0.280 e. The van der Waals surface area contributed by atoms with Crippen molar-refractivity contribution in [3.8, 4) is 5.75 Å². The lowest BCUT2D eigenvalue weighted by molar-refractivity contribution is -0.385. The van der Waals surface area contributed by atoms with E-state index in [9.17, 15) is 14.9 Å². The molecular weight excluding hydrogens is 238 g/mol. The Morgan fingerprint density at radius 3 is 3.00 bits per heavy atom. The van der Waals surface area contributed by atoms with E-state index in [1.165, 1.54) is 18.2 Å². The summed E-state index contributed by atoms with van der Waals surface area (Å²) in [7, 11) is 0. The van der Waals surface area contributed by atoms with Crippen LogP contribution < -0.4 is 4.74 Å². The summed E-state index contributed by atoms with van der Waals surface area (Å²) in [6, 6.07) is 4.13. The third kappa shape index (κ3) is 2.84. The molecule has 0 radical (unpaired) electrons.